The lowest BCUT2D eigenvalue weighted by molar-refractivity contribution is 0.146. The van der Waals surface area contributed by atoms with E-state index in [1.54, 1.807) is 0 Å². The molecule has 0 heterocycles. The van der Waals surface area contributed by atoms with Gasteiger partial charge >= 0.3 is 0 Å². The summed E-state index contributed by atoms with van der Waals surface area (Å²) < 4.78 is 5.34. The summed E-state index contributed by atoms with van der Waals surface area (Å²) in [5.41, 5.74) is 7.93. The topological polar surface area (TPSA) is 38.5 Å². The molecular weight excluding hydrogens is 200 g/mol. The van der Waals surface area contributed by atoms with E-state index in [1.807, 2.05) is 25.1 Å². The van der Waals surface area contributed by atoms with Gasteiger partial charge in [-0.1, -0.05) is 12.1 Å². The molecule has 0 aliphatic carbocycles. The molecule has 2 N–H and O–H groups in total. The van der Waals surface area contributed by atoms with E-state index in [0.29, 0.717) is 0 Å². The summed E-state index contributed by atoms with van der Waals surface area (Å²) in [6.45, 7) is 7.74. The largest absolute Gasteiger partial charge is 0.397 e. The van der Waals surface area contributed by atoms with Crippen LogP contribution in [0.1, 0.15) is 20.3 Å². The molecule has 0 saturated heterocycles. The van der Waals surface area contributed by atoms with Gasteiger partial charge in [0, 0.05) is 26.3 Å². The lowest BCUT2D eigenvalue weighted by atomic mass is 10.2. The average Bonchev–Trinajstić information content (AvgIpc) is 2.31. The van der Waals surface area contributed by atoms with Crippen molar-refractivity contribution in [3.05, 3.63) is 24.3 Å². The molecule has 1 rings (SSSR count). The number of nitrogens with two attached hydrogens (primary N) is 1. The number of ether oxygens (including phenoxy) is 1. The Balaban J connectivity index is 2.51. The van der Waals surface area contributed by atoms with Crippen molar-refractivity contribution < 1.29 is 4.74 Å². The van der Waals surface area contributed by atoms with Crippen LogP contribution in [0, 0.1) is 0 Å². The van der Waals surface area contributed by atoms with E-state index in [-0.39, 0.29) is 0 Å². The maximum absolute atomic E-state index is 5.95. The van der Waals surface area contributed by atoms with Gasteiger partial charge in [-0.3, -0.25) is 0 Å². The molecule has 0 unspecified atom stereocenters. The highest BCUT2D eigenvalue weighted by molar-refractivity contribution is 5.67. The van der Waals surface area contributed by atoms with Crippen LogP contribution in [-0.4, -0.2) is 26.3 Å². The summed E-state index contributed by atoms with van der Waals surface area (Å²) in [6, 6.07) is 8.00. The molecule has 0 amide bonds. The molecule has 0 atom stereocenters. The Bertz CT molecular complexity index is 302. The standard InChI is InChI=1S/C13H22N2O/c1-3-15(10-7-11-16-4-2)13-9-6-5-8-12(13)14/h5-6,8-9H,3-4,7,10-11,14H2,1-2H3. The van der Waals surface area contributed by atoms with Crippen LogP contribution >= 0.6 is 0 Å². The quantitative estimate of drug-likeness (QED) is 0.569. The monoisotopic (exact) mass is 222 g/mol. The van der Waals surface area contributed by atoms with E-state index in [1.165, 1.54) is 0 Å². The van der Waals surface area contributed by atoms with Crippen molar-refractivity contribution in [3.63, 3.8) is 0 Å². The van der Waals surface area contributed by atoms with Crippen LogP contribution in [0.2, 0.25) is 0 Å². The van der Waals surface area contributed by atoms with Gasteiger partial charge in [-0.2, -0.15) is 0 Å². The molecule has 90 valence electrons. The van der Waals surface area contributed by atoms with Gasteiger partial charge < -0.3 is 15.4 Å². The number of benzene rings is 1. The first-order valence-corrected chi connectivity index (χ1v) is 5.96. The number of nitrogens with zero attached hydrogens (tertiary/aromatic N) is 1. The first kappa shape index (κ1) is 12.8. The fourth-order valence-corrected chi connectivity index (χ4v) is 1.73. The Hall–Kier alpha value is -1.22. The van der Waals surface area contributed by atoms with Crippen LogP contribution in [-0.2, 0) is 4.74 Å². The zero-order valence-electron chi connectivity index (χ0n) is 10.3. The summed E-state index contributed by atoms with van der Waals surface area (Å²) >= 11 is 0. The first-order valence-electron chi connectivity index (χ1n) is 5.96. The third kappa shape index (κ3) is 3.74. The second-order valence-electron chi connectivity index (χ2n) is 3.69. The number of hydrogen-bond acceptors (Lipinski definition) is 3. The molecule has 3 nitrogen and oxygen atoms in total. The average molecular weight is 222 g/mol. The molecule has 0 bridgehead atoms. The summed E-state index contributed by atoms with van der Waals surface area (Å²) in [6.07, 6.45) is 1.04. The maximum atomic E-state index is 5.95. The van der Waals surface area contributed by atoms with Crippen molar-refractivity contribution in [1.82, 2.24) is 0 Å². The van der Waals surface area contributed by atoms with E-state index in [2.05, 4.69) is 17.9 Å². The van der Waals surface area contributed by atoms with Gasteiger partial charge in [0.25, 0.3) is 0 Å². The predicted octanol–water partition coefficient (Wildman–Crippen LogP) is 2.52. The Labute approximate surface area is 98.2 Å². The first-order chi connectivity index (χ1) is 7.79. The van der Waals surface area contributed by atoms with E-state index >= 15 is 0 Å². The Morgan fingerprint density at radius 2 is 2.00 bits per heavy atom. The second kappa shape index (κ2) is 7.12. The Morgan fingerprint density at radius 1 is 1.25 bits per heavy atom. The molecule has 1 aromatic carbocycles. The molecule has 0 aliphatic heterocycles. The molecule has 0 radical (unpaired) electrons. The summed E-state index contributed by atoms with van der Waals surface area (Å²) in [5.74, 6) is 0. The number of rotatable bonds is 7. The normalized spacial score (nSPS) is 10.4. The molecule has 3 heteroatoms. The van der Waals surface area contributed by atoms with Crippen molar-refractivity contribution in [1.29, 1.82) is 0 Å². The van der Waals surface area contributed by atoms with E-state index in [4.69, 9.17) is 10.5 Å². The van der Waals surface area contributed by atoms with Crippen LogP contribution in [0.15, 0.2) is 24.3 Å². The SMILES string of the molecule is CCOCCCN(CC)c1ccccc1N. The molecule has 16 heavy (non-hydrogen) atoms. The summed E-state index contributed by atoms with van der Waals surface area (Å²) in [4.78, 5) is 2.29. The van der Waals surface area contributed by atoms with Crippen molar-refractivity contribution in [3.8, 4) is 0 Å². The van der Waals surface area contributed by atoms with Gasteiger partial charge in [0.15, 0.2) is 0 Å². The van der Waals surface area contributed by atoms with Crippen LogP contribution < -0.4 is 10.6 Å². The van der Waals surface area contributed by atoms with Gasteiger partial charge in [0.05, 0.1) is 11.4 Å². The minimum atomic E-state index is 0.791. The Morgan fingerprint density at radius 3 is 2.62 bits per heavy atom. The van der Waals surface area contributed by atoms with Crippen LogP contribution in [0.25, 0.3) is 0 Å². The molecule has 0 aromatic heterocycles. The minimum absolute atomic E-state index is 0.791. The maximum Gasteiger partial charge on any atom is 0.0599 e. The van der Waals surface area contributed by atoms with E-state index in [0.717, 1.165) is 44.1 Å². The zero-order chi connectivity index (χ0) is 11.8. The molecule has 0 aliphatic rings. The lowest BCUT2D eigenvalue weighted by Crippen LogP contribution is -2.25. The third-order valence-electron chi connectivity index (χ3n) is 2.58. The van der Waals surface area contributed by atoms with Crippen molar-refractivity contribution in [2.45, 2.75) is 20.3 Å². The zero-order valence-corrected chi connectivity index (χ0v) is 10.3. The number of nitrogen functional groups attached to an aromatic ring is 1. The summed E-state index contributed by atoms with van der Waals surface area (Å²) in [7, 11) is 0. The molecule has 0 fully saturated rings. The molecule has 0 saturated carbocycles. The van der Waals surface area contributed by atoms with Gasteiger partial charge in [-0.25, -0.2) is 0 Å². The fraction of sp³-hybridized carbons (Fsp3) is 0.538. The highest BCUT2D eigenvalue weighted by atomic mass is 16.5. The molecular formula is C13H22N2O. The summed E-state index contributed by atoms with van der Waals surface area (Å²) in [5, 5.41) is 0. The number of para-hydroxylation sites is 2. The van der Waals surface area contributed by atoms with Gasteiger partial charge in [0.2, 0.25) is 0 Å². The lowest BCUT2D eigenvalue weighted by Gasteiger charge is -2.24. The highest BCUT2D eigenvalue weighted by Gasteiger charge is 2.06. The van der Waals surface area contributed by atoms with Gasteiger partial charge in [-0.15, -0.1) is 0 Å². The van der Waals surface area contributed by atoms with Crippen molar-refractivity contribution in [2.24, 2.45) is 0 Å². The molecule has 0 spiro atoms. The van der Waals surface area contributed by atoms with E-state index in [9.17, 15) is 0 Å². The Kier molecular flexibility index (Phi) is 5.72. The predicted molar refractivity (Wildman–Crippen MR) is 69.9 cm³/mol. The molecule has 1 aromatic rings. The highest BCUT2D eigenvalue weighted by Crippen LogP contribution is 2.22. The van der Waals surface area contributed by atoms with Gasteiger partial charge in [0.1, 0.15) is 0 Å². The number of hydrogen-bond donors (Lipinski definition) is 1. The fourth-order valence-electron chi connectivity index (χ4n) is 1.73. The number of anilines is 2. The van der Waals surface area contributed by atoms with Gasteiger partial charge in [-0.05, 0) is 32.4 Å². The minimum Gasteiger partial charge on any atom is -0.397 e. The smallest absolute Gasteiger partial charge is 0.0599 e. The van der Waals surface area contributed by atoms with Crippen LogP contribution in [0.4, 0.5) is 11.4 Å². The van der Waals surface area contributed by atoms with E-state index < -0.39 is 0 Å². The van der Waals surface area contributed by atoms with Crippen molar-refractivity contribution in [2.75, 3.05) is 36.9 Å². The van der Waals surface area contributed by atoms with Crippen LogP contribution in [0.3, 0.4) is 0 Å². The van der Waals surface area contributed by atoms with Crippen LogP contribution in [0.5, 0.6) is 0 Å². The van der Waals surface area contributed by atoms with Crippen molar-refractivity contribution >= 4 is 11.4 Å². The second-order valence-corrected chi connectivity index (χ2v) is 3.69. The third-order valence-corrected chi connectivity index (χ3v) is 2.58.